The van der Waals surface area contributed by atoms with Gasteiger partial charge in [-0.3, -0.25) is 0 Å². The van der Waals surface area contributed by atoms with Gasteiger partial charge in [0, 0.05) is 0 Å². The molecule has 4 aromatic carbocycles. The van der Waals surface area contributed by atoms with Crippen LogP contribution in [0.15, 0.2) is 82.8 Å². The Kier molecular flexibility index (Phi) is 13.2. The minimum Gasteiger partial charge on any atom is -1.00 e. The zero-order chi connectivity index (χ0) is 33.1. The Morgan fingerprint density at radius 2 is 1.00 bits per heavy atom. The topological polar surface area (TPSA) is 151 Å². The number of halogens is 2. The number of aliphatic imine (C=N–C) groups is 2. The number of aromatic hydroxyl groups is 2. The molecule has 0 aliphatic heterocycles. The molecule has 4 rings (SSSR count). The van der Waals surface area contributed by atoms with E-state index < -0.39 is 19.2 Å². The molecule has 0 saturated carbocycles. The second kappa shape index (κ2) is 15.8. The molecule has 0 aliphatic carbocycles. The fourth-order valence-electron chi connectivity index (χ4n) is 4.76. The van der Waals surface area contributed by atoms with E-state index in [4.69, 9.17) is 11.5 Å². The first-order valence-electron chi connectivity index (χ1n) is 14.4. The van der Waals surface area contributed by atoms with Crippen molar-refractivity contribution in [2.75, 3.05) is 11.5 Å². The Balaban J connectivity index is 0.00000384. The molecule has 0 heterocycles. The molecule has 0 aliphatic rings. The van der Waals surface area contributed by atoms with Gasteiger partial charge in [0.05, 0.1) is 0 Å². The average molecular weight is 709 g/mol. The molecule has 0 bridgehead atoms. The summed E-state index contributed by atoms with van der Waals surface area (Å²) in [6.07, 6.45) is 3.06. The van der Waals surface area contributed by atoms with Crippen molar-refractivity contribution in [3.8, 4) is 11.5 Å². The van der Waals surface area contributed by atoms with E-state index in [1.54, 1.807) is 36.4 Å². The molecule has 8 nitrogen and oxygen atoms in total. The summed E-state index contributed by atoms with van der Waals surface area (Å²) in [4.78, 5) is 35.4. The SMILES string of the molecule is CC(C)(C)c1cccc(C=Nc2cc(N)cc([C](=O)[Ti+2][C](=O)c3cc(N)cc(N=Cc4cccc(C(C)(C)C)c4O)c3)c2)c1O.[Cl-].[Cl-]. The number of hydrogen-bond donors (Lipinski definition) is 4. The van der Waals surface area contributed by atoms with E-state index in [1.807, 2.05) is 65.8 Å². The second-order valence-corrected chi connectivity index (χ2v) is 14.7. The van der Waals surface area contributed by atoms with Gasteiger partial charge in [0.15, 0.2) is 0 Å². The first-order chi connectivity index (χ1) is 21.0. The van der Waals surface area contributed by atoms with Crippen molar-refractivity contribution in [2.45, 2.75) is 52.4 Å². The number of phenolic OH excluding ortho intramolecular Hbond substituents is 2. The number of benzene rings is 4. The van der Waals surface area contributed by atoms with Crippen LogP contribution in [-0.2, 0) is 30.0 Å². The van der Waals surface area contributed by atoms with E-state index >= 15 is 0 Å². The average Bonchev–Trinajstić information content (AvgIpc) is 2.94. The Bertz CT molecular complexity index is 1710. The maximum atomic E-state index is 13.2. The van der Waals surface area contributed by atoms with E-state index in [9.17, 15) is 19.8 Å². The number of carbonyl (C=O) groups is 2. The molecule has 0 aromatic heterocycles. The van der Waals surface area contributed by atoms with Crippen molar-refractivity contribution in [1.29, 1.82) is 0 Å². The van der Waals surface area contributed by atoms with Crippen LogP contribution < -0.4 is 36.3 Å². The monoisotopic (exact) mass is 708 g/mol. The number of rotatable bonds is 8. The maximum Gasteiger partial charge on any atom is -1.00 e. The van der Waals surface area contributed by atoms with E-state index in [1.165, 1.54) is 24.6 Å². The van der Waals surface area contributed by atoms with Gasteiger partial charge in [-0.25, -0.2) is 0 Å². The minimum atomic E-state index is -1.80. The maximum absolute atomic E-state index is 13.2. The fourth-order valence-corrected chi connectivity index (χ4v) is 5.98. The number of nitrogens with two attached hydrogens (primary N) is 2. The zero-order valence-corrected chi connectivity index (χ0v) is 30.2. The Morgan fingerprint density at radius 3 is 1.34 bits per heavy atom. The standard InChI is InChI=1S/2C18H19N2O2.2ClH.Ti/c2*1-18(2,3)16-6-4-5-13(17(16)22)10-20-15-8-12(11-21)7-14(19)9-15;;;/h2*4-10,22H,19H2,1-3H3;2*1H;/q;;;;+2/p-2. The molecule has 0 amide bonds. The smallest absolute Gasteiger partial charge is 1.00 e. The van der Waals surface area contributed by atoms with Crippen molar-refractivity contribution in [3.05, 3.63) is 106 Å². The van der Waals surface area contributed by atoms with Crippen molar-refractivity contribution < 1.29 is 63.8 Å². The molecule has 11 heteroatoms. The molecule has 47 heavy (non-hydrogen) atoms. The molecule has 6 N–H and O–H groups in total. The van der Waals surface area contributed by atoms with E-state index in [2.05, 4.69) is 9.98 Å². The number of nitrogen functional groups attached to an aromatic ring is 2. The summed E-state index contributed by atoms with van der Waals surface area (Å²) >= 11 is -1.80. The summed E-state index contributed by atoms with van der Waals surface area (Å²) < 4.78 is -0.615. The fraction of sp³-hybridized carbons (Fsp3) is 0.222. The van der Waals surface area contributed by atoms with Crippen LogP contribution in [0.1, 0.15) is 84.5 Å². The number of anilines is 2. The zero-order valence-electron chi connectivity index (χ0n) is 27.1. The van der Waals surface area contributed by atoms with E-state index in [-0.39, 0.29) is 55.3 Å². The van der Waals surface area contributed by atoms with Crippen LogP contribution in [0.5, 0.6) is 11.5 Å². The van der Waals surface area contributed by atoms with Crippen molar-refractivity contribution in [2.24, 2.45) is 9.98 Å². The molecular formula is C36H38Cl2N4O4Ti. The molecule has 0 saturated heterocycles. The van der Waals surface area contributed by atoms with Crippen molar-refractivity contribution >= 4 is 43.4 Å². The van der Waals surface area contributed by atoms with E-state index in [0.29, 0.717) is 45.0 Å². The molecular weight excluding hydrogens is 671 g/mol. The first kappa shape index (κ1) is 39.2. The van der Waals surface area contributed by atoms with Crippen LogP contribution in [0.3, 0.4) is 0 Å². The molecule has 4 aromatic rings. The quantitative estimate of drug-likeness (QED) is 0.124. The summed E-state index contributed by atoms with van der Waals surface area (Å²) in [5.41, 5.74) is 16.4. The third-order valence-corrected chi connectivity index (χ3v) is 8.70. The summed E-state index contributed by atoms with van der Waals surface area (Å²) in [5.74, 6) is 0.291. The van der Waals surface area contributed by atoms with Gasteiger partial charge in [-0.2, -0.15) is 0 Å². The van der Waals surface area contributed by atoms with Crippen LogP contribution in [0.2, 0.25) is 0 Å². The number of phenols is 2. The second-order valence-electron chi connectivity index (χ2n) is 12.9. The third-order valence-electron chi connectivity index (χ3n) is 7.09. The van der Waals surface area contributed by atoms with Crippen LogP contribution in [0.25, 0.3) is 0 Å². The molecule has 0 spiro atoms. The summed E-state index contributed by atoms with van der Waals surface area (Å²) in [6, 6.07) is 20.4. The van der Waals surface area contributed by atoms with Gasteiger partial charge >= 0.3 is 274 Å². The first-order valence-corrected chi connectivity index (χ1v) is 16.0. The minimum absolute atomic E-state index is 0. The van der Waals surface area contributed by atoms with Crippen LogP contribution in [0.4, 0.5) is 22.7 Å². The predicted molar refractivity (Wildman–Crippen MR) is 178 cm³/mol. The van der Waals surface area contributed by atoms with Crippen LogP contribution >= 0.6 is 0 Å². The van der Waals surface area contributed by atoms with Gasteiger partial charge in [0.25, 0.3) is 0 Å². The molecule has 0 fully saturated rings. The van der Waals surface area contributed by atoms with Crippen LogP contribution in [-0.4, -0.2) is 30.8 Å². The van der Waals surface area contributed by atoms with Gasteiger partial charge in [0.1, 0.15) is 0 Å². The number of para-hydroxylation sites is 2. The molecule has 0 atom stereocenters. The Morgan fingerprint density at radius 1 is 0.638 bits per heavy atom. The molecule has 0 radical (unpaired) electrons. The summed E-state index contributed by atoms with van der Waals surface area (Å²) in [6.45, 7) is 12.1. The Labute approximate surface area is 297 Å². The summed E-state index contributed by atoms with van der Waals surface area (Å²) in [7, 11) is 0. The van der Waals surface area contributed by atoms with E-state index in [0.717, 1.165) is 11.1 Å². The van der Waals surface area contributed by atoms with Gasteiger partial charge < -0.3 is 24.8 Å². The van der Waals surface area contributed by atoms with Crippen LogP contribution in [0, 0.1) is 0 Å². The van der Waals surface area contributed by atoms with Gasteiger partial charge in [0.2, 0.25) is 0 Å². The third kappa shape index (κ3) is 10.0. The number of nitrogens with zero attached hydrogens (tertiary/aromatic N) is 2. The van der Waals surface area contributed by atoms with Crippen molar-refractivity contribution in [1.82, 2.24) is 0 Å². The Hall–Kier alpha value is -3.95. The predicted octanol–water partition coefficient (Wildman–Crippen LogP) is 1.43. The van der Waals surface area contributed by atoms with Crippen molar-refractivity contribution in [3.63, 3.8) is 0 Å². The number of carbonyl (C=O) groups excluding carboxylic acids is 2. The summed E-state index contributed by atoms with van der Waals surface area (Å²) in [5, 5.41) is 21.5. The van der Waals surface area contributed by atoms with Gasteiger partial charge in [-0.1, -0.05) is 0 Å². The normalized spacial score (nSPS) is 11.5. The van der Waals surface area contributed by atoms with Gasteiger partial charge in [-0.15, -0.1) is 0 Å². The molecule has 0 unspecified atom stereocenters. The molecule has 244 valence electrons. The van der Waals surface area contributed by atoms with Gasteiger partial charge in [-0.05, 0) is 0 Å². The largest absolute Gasteiger partial charge is 1.00 e. The number of hydrogen-bond acceptors (Lipinski definition) is 8.